The first kappa shape index (κ1) is 17.4. The van der Waals surface area contributed by atoms with Gasteiger partial charge in [0.2, 0.25) is 0 Å². The summed E-state index contributed by atoms with van der Waals surface area (Å²) in [5.41, 5.74) is 1.41. The molecule has 2 aromatic rings. The molecular formula is C16H19ClN2O3S. The van der Waals surface area contributed by atoms with E-state index in [2.05, 4.69) is 17.0 Å². The van der Waals surface area contributed by atoms with Crippen LogP contribution in [0.2, 0.25) is 5.02 Å². The van der Waals surface area contributed by atoms with Gasteiger partial charge in [-0.1, -0.05) is 18.5 Å². The number of benzene rings is 2. The van der Waals surface area contributed by atoms with Crippen LogP contribution in [-0.2, 0) is 10.0 Å². The van der Waals surface area contributed by atoms with Gasteiger partial charge < -0.3 is 10.1 Å². The summed E-state index contributed by atoms with van der Waals surface area (Å²) in [6.45, 7) is 2.94. The van der Waals surface area contributed by atoms with E-state index in [4.69, 9.17) is 16.3 Å². The van der Waals surface area contributed by atoms with E-state index in [1.54, 1.807) is 18.2 Å². The van der Waals surface area contributed by atoms with Crippen molar-refractivity contribution in [3.05, 3.63) is 47.5 Å². The Hall–Kier alpha value is -1.92. The summed E-state index contributed by atoms with van der Waals surface area (Å²) in [4.78, 5) is 0.000634. The van der Waals surface area contributed by atoms with E-state index in [0.717, 1.165) is 18.7 Å². The monoisotopic (exact) mass is 354 g/mol. The summed E-state index contributed by atoms with van der Waals surface area (Å²) in [6.07, 6.45) is 1.02. The Kier molecular flexibility index (Phi) is 5.74. The number of anilines is 2. The molecule has 5 nitrogen and oxygen atoms in total. The zero-order valence-electron chi connectivity index (χ0n) is 13.0. The highest BCUT2D eigenvalue weighted by atomic mass is 35.5. The van der Waals surface area contributed by atoms with E-state index in [1.807, 2.05) is 12.1 Å². The molecule has 0 saturated carbocycles. The molecule has 0 atom stereocenters. The molecule has 2 aromatic carbocycles. The highest BCUT2D eigenvalue weighted by Crippen LogP contribution is 2.28. The molecule has 0 radical (unpaired) electrons. The molecule has 2 N–H and O–H groups in total. The Bertz CT molecular complexity index is 761. The number of nitrogens with one attached hydrogen (secondary N) is 2. The lowest BCUT2D eigenvalue weighted by Crippen LogP contribution is -2.14. The topological polar surface area (TPSA) is 67.4 Å². The molecule has 0 fully saturated rings. The number of halogens is 1. The maximum Gasteiger partial charge on any atom is 0.265 e. The molecule has 2 rings (SSSR count). The van der Waals surface area contributed by atoms with Crippen molar-refractivity contribution in [1.82, 2.24) is 0 Å². The third-order valence-electron chi connectivity index (χ3n) is 3.13. The van der Waals surface area contributed by atoms with Gasteiger partial charge in [-0.3, -0.25) is 4.72 Å². The van der Waals surface area contributed by atoms with E-state index in [-0.39, 0.29) is 10.6 Å². The summed E-state index contributed by atoms with van der Waals surface area (Å²) in [5.74, 6) is 0.239. The van der Waals surface area contributed by atoms with Gasteiger partial charge in [0.1, 0.15) is 10.6 Å². The van der Waals surface area contributed by atoms with Gasteiger partial charge in [0, 0.05) is 22.9 Å². The minimum absolute atomic E-state index is 0.000634. The molecule has 0 aliphatic rings. The van der Waals surface area contributed by atoms with E-state index >= 15 is 0 Å². The van der Waals surface area contributed by atoms with Crippen molar-refractivity contribution in [2.45, 2.75) is 18.2 Å². The summed E-state index contributed by atoms with van der Waals surface area (Å²) < 4.78 is 32.7. The van der Waals surface area contributed by atoms with Crippen molar-refractivity contribution < 1.29 is 13.2 Å². The van der Waals surface area contributed by atoms with Crippen LogP contribution in [0.4, 0.5) is 11.4 Å². The van der Waals surface area contributed by atoms with E-state index < -0.39 is 10.0 Å². The predicted molar refractivity (Wildman–Crippen MR) is 94.0 cm³/mol. The highest BCUT2D eigenvalue weighted by molar-refractivity contribution is 7.92. The molecule has 0 bridgehead atoms. The van der Waals surface area contributed by atoms with Crippen molar-refractivity contribution in [3.8, 4) is 5.75 Å². The zero-order valence-corrected chi connectivity index (χ0v) is 14.5. The lowest BCUT2D eigenvalue weighted by Gasteiger charge is -2.12. The zero-order chi connectivity index (χ0) is 16.9. The van der Waals surface area contributed by atoms with Gasteiger partial charge in [-0.2, -0.15) is 0 Å². The van der Waals surface area contributed by atoms with Crippen LogP contribution in [0.15, 0.2) is 47.4 Å². The van der Waals surface area contributed by atoms with E-state index in [1.165, 1.54) is 19.2 Å². The molecular weight excluding hydrogens is 336 g/mol. The fourth-order valence-electron chi connectivity index (χ4n) is 2.00. The van der Waals surface area contributed by atoms with Crippen LogP contribution in [0.25, 0.3) is 0 Å². The third kappa shape index (κ3) is 4.53. The molecule has 0 amide bonds. The molecule has 0 heterocycles. The second-order valence-corrected chi connectivity index (χ2v) is 6.99. The van der Waals surface area contributed by atoms with E-state index in [0.29, 0.717) is 10.7 Å². The molecule has 0 aliphatic heterocycles. The van der Waals surface area contributed by atoms with Crippen LogP contribution in [-0.4, -0.2) is 22.1 Å². The second kappa shape index (κ2) is 7.57. The normalized spacial score (nSPS) is 11.1. The van der Waals surface area contributed by atoms with Crippen LogP contribution >= 0.6 is 11.6 Å². The van der Waals surface area contributed by atoms with Gasteiger partial charge >= 0.3 is 0 Å². The van der Waals surface area contributed by atoms with Crippen molar-refractivity contribution >= 4 is 33.0 Å². The second-order valence-electron chi connectivity index (χ2n) is 4.90. The van der Waals surface area contributed by atoms with Crippen LogP contribution < -0.4 is 14.8 Å². The van der Waals surface area contributed by atoms with Gasteiger partial charge in [0.25, 0.3) is 10.0 Å². The molecule has 0 aliphatic carbocycles. The fourth-order valence-corrected chi connectivity index (χ4v) is 3.49. The van der Waals surface area contributed by atoms with Gasteiger partial charge in [0.15, 0.2) is 0 Å². The quantitative estimate of drug-likeness (QED) is 0.789. The Morgan fingerprint density at radius 2 is 1.74 bits per heavy atom. The number of methoxy groups -OCH3 is 1. The Morgan fingerprint density at radius 3 is 2.35 bits per heavy atom. The minimum atomic E-state index is -3.79. The minimum Gasteiger partial charge on any atom is -0.495 e. The fraction of sp³-hybridized carbons (Fsp3) is 0.250. The van der Waals surface area contributed by atoms with Crippen molar-refractivity contribution in [1.29, 1.82) is 0 Å². The lowest BCUT2D eigenvalue weighted by atomic mass is 10.3. The number of hydrogen-bond acceptors (Lipinski definition) is 4. The van der Waals surface area contributed by atoms with Crippen molar-refractivity contribution in [2.75, 3.05) is 23.7 Å². The summed E-state index contributed by atoms with van der Waals surface area (Å²) in [6, 6.07) is 11.5. The molecule has 0 unspecified atom stereocenters. The van der Waals surface area contributed by atoms with Crippen LogP contribution in [0.3, 0.4) is 0 Å². The number of rotatable bonds is 7. The van der Waals surface area contributed by atoms with Crippen LogP contribution in [0, 0.1) is 0 Å². The summed E-state index contributed by atoms with van der Waals surface area (Å²) in [7, 11) is -2.38. The number of ether oxygens (including phenoxy) is 1. The molecule has 23 heavy (non-hydrogen) atoms. The van der Waals surface area contributed by atoms with Gasteiger partial charge in [-0.05, 0) is 48.9 Å². The van der Waals surface area contributed by atoms with E-state index in [9.17, 15) is 8.42 Å². The number of sulfonamides is 1. The molecule has 0 aromatic heterocycles. The molecule has 7 heteroatoms. The van der Waals surface area contributed by atoms with Crippen molar-refractivity contribution in [2.24, 2.45) is 0 Å². The SMILES string of the molecule is CCCNc1ccc(NS(=O)(=O)c2cc(Cl)ccc2OC)cc1. The Morgan fingerprint density at radius 1 is 1.09 bits per heavy atom. The average Bonchev–Trinajstić information content (AvgIpc) is 2.54. The van der Waals surface area contributed by atoms with Crippen molar-refractivity contribution in [3.63, 3.8) is 0 Å². The smallest absolute Gasteiger partial charge is 0.265 e. The molecule has 0 saturated heterocycles. The standard InChI is InChI=1S/C16H19ClN2O3S/c1-3-10-18-13-5-7-14(8-6-13)19-23(20,21)16-11-12(17)4-9-15(16)22-2/h4-9,11,18-19H,3,10H2,1-2H3. The van der Waals surface area contributed by atoms with Gasteiger partial charge in [0.05, 0.1) is 7.11 Å². The lowest BCUT2D eigenvalue weighted by molar-refractivity contribution is 0.403. The molecule has 0 spiro atoms. The Labute approximate surface area is 141 Å². The van der Waals surface area contributed by atoms with Gasteiger partial charge in [-0.15, -0.1) is 0 Å². The first-order chi connectivity index (χ1) is 11.0. The maximum atomic E-state index is 12.5. The summed E-state index contributed by atoms with van der Waals surface area (Å²) in [5, 5.41) is 3.55. The molecule has 124 valence electrons. The first-order valence-corrected chi connectivity index (χ1v) is 9.02. The Balaban J connectivity index is 2.23. The van der Waals surface area contributed by atoms with Crippen LogP contribution in [0.5, 0.6) is 5.75 Å². The summed E-state index contributed by atoms with van der Waals surface area (Å²) >= 11 is 5.90. The first-order valence-electron chi connectivity index (χ1n) is 7.16. The maximum absolute atomic E-state index is 12.5. The van der Waals surface area contributed by atoms with Crippen LogP contribution in [0.1, 0.15) is 13.3 Å². The average molecular weight is 355 g/mol. The highest BCUT2D eigenvalue weighted by Gasteiger charge is 2.20. The number of hydrogen-bond donors (Lipinski definition) is 2. The largest absolute Gasteiger partial charge is 0.495 e. The van der Waals surface area contributed by atoms with Gasteiger partial charge in [-0.25, -0.2) is 8.42 Å². The predicted octanol–water partition coefficient (Wildman–Crippen LogP) is 3.97. The third-order valence-corrected chi connectivity index (χ3v) is 4.77.